The summed E-state index contributed by atoms with van der Waals surface area (Å²) in [5.74, 6) is 0.696. The molecule has 0 radical (unpaired) electrons. The maximum Gasteiger partial charge on any atom is -0.0172 e. The molecule has 12 heavy (non-hydrogen) atoms. The van der Waals surface area contributed by atoms with E-state index in [9.17, 15) is 0 Å². The van der Waals surface area contributed by atoms with Gasteiger partial charge in [0, 0.05) is 0 Å². The lowest BCUT2D eigenvalue weighted by atomic mass is 10.0. The molecule has 0 saturated carbocycles. The predicted molar refractivity (Wildman–Crippen MR) is 57.2 cm³/mol. The zero-order valence-corrected chi connectivity index (χ0v) is 8.29. The van der Waals surface area contributed by atoms with E-state index in [0.29, 0.717) is 5.92 Å². The quantitative estimate of drug-likeness (QED) is 0.518. The summed E-state index contributed by atoms with van der Waals surface area (Å²) in [6.07, 6.45) is 14.1. The molecular formula is C12H20. The van der Waals surface area contributed by atoms with E-state index in [1.54, 1.807) is 0 Å². The third kappa shape index (κ3) is 7.33. The molecule has 1 unspecified atom stereocenters. The molecule has 68 valence electrons. The van der Waals surface area contributed by atoms with Crippen molar-refractivity contribution in [2.75, 3.05) is 0 Å². The number of rotatable bonds is 6. The van der Waals surface area contributed by atoms with E-state index in [0.717, 1.165) is 6.42 Å². The van der Waals surface area contributed by atoms with Gasteiger partial charge in [0.2, 0.25) is 0 Å². The Morgan fingerprint density at radius 3 is 2.67 bits per heavy atom. The summed E-state index contributed by atoms with van der Waals surface area (Å²) < 4.78 is 0. The fourth-order valence-corrected chi connectivity index (χ4v) is 1.03. The molecule has 0 saturated heterocycles. The fraction of sp³-hybridized carbons (Fsp3) is 0.500. The van der Waals surface area contributed by atoms with E-state index in [4.69, 9.17) is 0 Å². The molecule has 0 aliphatic heterocycles. The molecule has 0 aromatic carbocycles. The second-order valence-electron chi connectivity index (χ2n) is 3.08. The molecule has 0 rings (SSSR count). The van der Waals surface area contributed by atoms with E-state index in [-0.39, 0.29) is 0 Å². The van der Waals surface area contributed by atoms with E-state index < -0.39 is 0 Å². The van der Waals surface area contributed by atoms with Crippen LogP contribution in [0.2, 0.25) is 0 Å². The van der Waals surface area contributed by atoms with Gasteiger partial charge in [-0.15, -0.1) is 6.58 Å². The summed E-state index contributed by atoms with van der Waals surface area (Å²) in [6, 6.07) is 0. The van der Waals surface area contributed by atoms with Crippen molar-refractivity contribution in [3.63, 3.8) is 0 Å². The zero-order chi connectivity index (χ0) is 9.23. The summed E-state index contributed by atoms with van der Waals surface area (Å²) >= 11 is 0. The van der Waals surface area contributed by atoms with Crippen molar-refractivity contribution in [3.05, 3.63) is 37.0 Å². The number of allylic oxidation sites excluding steroid dienone is 5. The summed E-state index contributed by atoms with van der Waals surface area (Å²) in [6.45, 7) is 7.99. The molecule has 0 aliphatic carbocycles. The highest BCUT2D eigenvalue weighted by molar-refractivity contribution is 4.92. The van der Waals surface area contributed by atoms with Crippen LogP contribution < -0.4 is 0 Å². The lowest BCUT2D eigenvalue weighted by Gasteiger charge is -2.01. The minimum Gasteiger partial charge on any atom is -0.103 e. The molecule has 0 aromatic rings. The Morgan fingerprint density at radius 2 is 2.08 bits per heavy atom. The van der Waals surface area contributed by atoms with Gasteiger partial charge in [-0.3, -0.25) is 0 Å². The second kappa shape index (κ2) is 8.32. The van der Waals surface area contributed by atoms with Gasteiger partial charge in [0.25, 0.3) is 0 Å². The molecule has 1 atom stereocenters. The van der Waals surface area contributed by atoms with E-state index in [1.807, 2.05) is 6.08 Å². The SMILES string of the molecule is C=CCC=CC(C)CCC=CC. The molecule has 0 aliphatic rings. The van der Waals surface area contributed by atoms with Gasteiger partial charge in [-0.1, -0.05) is 37.3 Å². The van der Waals surface area contributed by atoms with Gasteiger partial charge >= 0.3 is 0 Å². The monoisotopic (exact) mass is 164 g/mol. The smallest absolute Gasteiger partial charge is 0.0172 e. The van der Waals surface area contributed by atoms with Crippen LogP contribution in [0.15, 0.2) is 37.0 Å². The Bertz CT molecular complexity index is 151. The summed E-state index contributed by atoms with van der Waals surface area (Å²) in [7, 11) is 0. The van der Waals surface area contributed by atoms with Gasteiger partial charge < -0.3 is 0 Å². The molecular weight excluding hydrogens is 144 g/mol. The average Bonchev–Trinajstić information content (AvgIpc) is 2.06. The Labute approximate surface area is 76.7 Å². The van der Waals surface area contributed by atoms with E-state index in [1.165, 1.54) is 12.8 Å². The number of hydrogen-bond acceptors (Lipinski definition) is 0. The number of hydrogen-bond donors (Lipinski definition) is 0. The maximum atomic E-state index is 3.67. The van der Waals surface area contributed by atoms with Crippen molar-refractivity contribution in [2.45, 2.75) is 33.1 Å². The van der Waals surface area contributed by atoms with Gasteiger partial charge in [0.1, 0.15) is 0 Å². The minimum absolute atomic E-state index is 0.696. The van der Waals surface area contributed by atoms with E-state index in [2.05, 4.69) is 44.7 Å². The van der Waals surface area contributed by atoms with Crippen molar-refractivity contribution >= 4 is 0 Å². The Morgan fingerprint density at radius 1 is 1.33 bits per heavy atom. The Balaban J connectivity index is 3.44. The van der Waals surface area contributed by atoms with Crippen LogP contribution in [0.5, 0.6) is 0 Å². The van der Waals surface area contributed by atoms with Gasteiger partial charge in [-0.05, 0) is 32.1 Å². The van der Waals surface area contributed by atoms with Crippen LogP contribution in [-0.2, 0) is 0 Å². The standard InChI is InChI=1S/C12H20/c1-4-6-8-10-12(3)11-9-7-5-2/h4-5,7-8,10,12H,1,6,9,11H2,2-3H3. The van der Waals surface area contributed by atoms with Crippen molar-refractivity contribution in [1.29, 1.82) is 0 Å². The average molecular weight is 164 g/mol. The van der Waals surface area contributed by atoms with Crippen LogP contribution in [0.25, 0.3) is 0 Å². The Hall–Kier alpha value is -0.780. The third-order valence-electron chi connectivity index (χ3n) is 1.79. The van der Waals surface area contributed by atoms with Gasteiger partial charge in [-0.25, -0.2) is 0 Å². The summed E-state index contributed by atoms with van der Waals surface area (Å²) in [5, 5.41) is 0. The summed E-state index contributed by atoms with van der Waals surface area (Å²) in [5.41, 5.74) is 0. The topological polar surface area (TPSA) is 0 Å². The molecule has 0 aromatic heterocycles. The molecule has 0 heteroatoms. The first-order valence-electron chi connectivity index (χ1n) is 4.70. The normalized spacial score (nSPS) is 14.2. The fourth-order valence-electron chi connectivity index (χ4n) is 1.03. The van der Waals surface area contributed by atoms with Gasteiger partial charge in [0.05, 0.1) is 0 Å². The third-order valence-corrected chi connectivity index (χ3v) is 1.79. The van der Waals surface area contributed by atoms with Crippen molar-refractivity contribution in [3.8, 4) is 0 Å². The van der Waals surface area contributed by atoms with E-state index >= 15 is 0 Å². The highest BCUT2D eigenvalue weighted by Crippen LogP contribution is 2.07. The lowest BCUT2D eigenvalue weighted by Crippen LogP contribution is -1.87. The highest BCUT2D eigenvalue weighted by Gasteiger charge is 1.92. The minimum atomic E-state index is 0.696. The Kier molecular flexibility index (Phi) is 7.78. The molecule has 0 nitrogen and oxygen atoms in total. The van der Waals surface area contributed by atoms with Crippen LogP contribution >= 0.6 is 0 Å². The highest BCUT2D eigenvalue weighted by atomic mass is 14.0. The van der Waals surface area contributed by atoms with Crippen molar-refractivity contribution in [1.82, 2.24) is 0 Å². The van der Waals surface area contributed by atoms with Gasteiger partial charge in [0.15, 0.2) is 0 Å². The first-order chi connectivity index (χ1) is 5.81. The molecule has 0 amide bonds. The predicted octanol–water partition coefficient (Wildman–Crippen LogP) is 4.11. The molecule has 0 bridgehead atoms. The molecule has 0 heterocycles. The largest absolute Gasteiger partial charge is 0.103 e. The molecule has 0 fully saturated rings. The van der Waals surface area contributed by atoms with Crippen LogP contribution in [0.4, 0.5) is 0 Å². The van der Waals surface area contributed by atoms with Crippen LogP contribution in [0, 0.1) is 5.92 Å². The van der Waals surface area contributed by atoms with Crippen LogP contribution in [0.3, 0.4) is 0 Å². The maximum absolute atomic E-state index is 3.67. The van der Waals surface area contributed by atoms with Crippen LogP contribution in [0.1, 0.15) is 33.1 Å². The second-order valence-corrected chi connectivity index (χ2v) is 3.08. The summed E-state index contributed by atoms with van der Waals surface area (Å²) in [4.78, 5) is 0. The van der Waals surface area contributed by atoms with Gasteiger partial charge in [-0.2, -0.15) is 0 Å². The molecule has 0 N–H and O–H groups in total. The van der Waals surface area contributed by atoms with Crippen molar-refractivity contribution < 1.29 is 0 Å². The van der Waals surface area contributed by atoms with Crippen LogP contribution in [-0.4, -0.2) is 0 Å². The zero-order valence-electron chi connectivity index (χ0n) is 8.29. The molecule has 0 spiro atoms. The lowest BCUT2D eigenvalue weighted by molar-refractivity contribution is 0.656. The first kappa shape index (κ1) is 11.2. The van der Waals surface area contributed by atoms with Crippen molar-refractivity contribution in [2.24, 2.45) is 5.92 Å². The first-order valence-corrected chi connectivity index (χ1v) is 4.70.